The van der Waals surface area contributed by atoms with E-state index in [1.54, 1.807) is 0 Å². The highest BCUT2D eigenvalue weighted by atomic mass is 16.2. The number of hydrogen-bond donors (Lipinski definition) is 0. The van der Waals surface area contributed by atoms with E-state index in [-0.39, 0.29) is 5.91 Å². The summed E-state index contributed by atoms with van der Waals surface area (Å²) in [6.07, 6.45) is 18.2. The fourth-order valence-electron chi connectivity index (χ4n) is 3.11. The molecule has 0 atom stereocenters. The number of carbonyl (C=O) groups excluding carboxylic acids is 1. The van der Waals surface area contributed by atoms with Gasteiger partial charge >= 0.3 is 0 Å². The summed E-state index contributed by atoms with van der Waals surface area (Å²) in [6.45, 7) is 5.07. The van der Waals surface area contributed by atoms with Crippen LogP contribution in [0.1, 0.15) is 104 Å². The first-order valence-electron chi connectivity index (χ1n) is 10.1. The molecule has 1 amide bonds. The summed E-state index contributed by atoms with van der Waals surface area (Å²) in [7, 11) is 3.87. The summed E-state index contributed by atoms with van der Waals surface area (Å²) in [5.41, 5.74) is 0. The Morgan fingerprint density at radius 1 is 0.652 bits per heavy atom. The molecule has 0 aliphatic rings. The summed E-state index contributed by atoms with van der Waals surface area (Å²) in [6, 6.07) is 0. The number of hydrogen-bond acceptors (Lipinski definition) is 2. The topological polar surface area (TPSA) is 23.6 Å². The second kappa shape index (κ2) is 16.3. The summed E-state index contributed by atoms with van der Waals surface area (Å²) >= 11 is 0. The zero-order chi connectivity index (χ0) is 17.3. The van der Waals surface area contributed by atoms with Gasteiger partial charge in [-0.25, -0.2) is 5.01 Å². The van der Waals surface area contributed by atoms with Crippen LogP contribution in [0.2, 0.25) is 0 Å². The van der Waals surface area contributed by atoms with Gasteiger partial charge in [0.15, 0.2) is 0 Å². The van der Waals surface area contributed by atoms with Crippen LogP contribution in [0.3, 0.4) is 0 Å². The zero-order valence-corrected chi connectivity index (χ0v) is 16.4. The van der Waals surface area contributed by atoms with Crippen molar-refractivity contribution in [2.45, 2.75) is 104 Å². The number of nitrogens with zero attached hydrogens (tertiary/aromatic N) is 2. The number of unbranched alkanes of at least 4 members (excludes halogenated alkanes) is 12. The Bertz CT molecular complexity index is 266. The van der Waals surface area contributed by atoms with Crippen LogP contribution in [0.25, 0.3) is 0 Å². The van der Waals surface area contributed by atoms with Gasteiger partial charge in [0.25, 0.3) is 0 Å². The van der Waals surface area contributed by atoms with Gasteiger partial charge in [-0.05, 0) is 13.3 Å². The minimum Gasteiger partial charge on any atom is -0.276 e. The largest absolute Gasteiger partial charge is 0.276 e. The predicted molar refractivity (Wildman–Crippen MR) is 101 cm³/mol. The van der Waals surface area contributed by atoms with Crippen LogP contribution in [0.5, 0.6) is 0 Å². The summed E-state index contributed by atoms with van der Waals surface area (Å²) in [5.74, 6) is 0.264. The van der Waals surface area contributed by atoms with Crippen molar-refractivity contribution in [1.82, 2.24) is 10.0 Å². The minimum absolute atomic E-state index is 0.264. The smallest absolute Gasteiger partial charge is 0.236 e. The van der Waals surface area contributed by atoms with E-state index < -0.39 is 0 Å². The van der Waals surface area contributed by atoms with E-state index in [9.17, 15) is 4.79 Å². The average Bonchev–Trinajstić information content (AvgIpc) is 2.52. The molecule has 3 nitrogen and oxygen atoms in total. The van der Waals surface area contributed by atoms with Crippen molar-refractivity contribution in [3.63, 3.8) is 0 Å². The molecule has 0 aromatic carbocycles. The van der Waals surface area contributed by atoms with Crippen LogP contribution in [-0.2, 0) is 4.79 Å². The summed E-state index contributed by atoms with van der Waals surface area (Å²) in [4.78, 5) is 12.0. The quantitative estimate of drug-likeness (QED) is 0.264. The van der Waals surface area contributed by atoms with Crippen LogP contribution in [0.4, 0.5) is 0 Å². The molecule has 0 heterocycles. The van der Waals surface area contributed by atoms with Crippen molar-refractivity contribution >= 4 is 5.91 Å². The minimum atomic E-state index is 0.264. The fourth-order valence-corrected chi connectivity index (χ4v) is 3.11. The molecule has 0 unspecified atom stereocenters. The lowest BCUT2D eigenvalue weighted by molar-refractivity contribution is -0.144. The number of amides is 1. The Balaban J connectivity index is 3.29. The predicted octanol–water partition coefficient (Wildman–Crippen LogP) is 5.79. The van der Waals surface area contributed by atoms with Crippen molar-refractivity contribution < 1.29 is 4.79 Å². The molecule has 0 aromatic rings. The zero-order valence-electron chi connectivity index (χ0n) is 16.4. The van der Waals surface area contributed by atoms with Crippen LogP contribution in [0.15, 0.2) is 0 Å². The first-order valence-corrected chi connectivity index (χ1v) is 10.1. The highest BCUT2D eigenvalue weighted by molar-refractivity contribution is 5.75. The third-order valence-electron chi connectivity index (χ3n) is 4.56. The van der Waals surface area contributed by atoms with Gasteiger partial charge in [-0.15, -0.1) is 0 Å². The van der Waals surface area contributed by atoms with Crippen molar-refractivity contribution in [1.29, 1.82) is 0 Å². The van der Waals surface area contributed by atoms with Crippen molar-refractivity contribution in [3.8, 4) is 0 Å². The Morgan fingerprint density at radius 3 is 1.39 bits per heavy atom. The van der Waals surface area contributed by atoms with Crippen LogP contribution in [0, 0.1) is 0 Å². The molecule has 0 saturated carbocycles. The average molecular weight is 327 g/mol. The van der Waals surface area contributed by atoms with E-state index in [1.165, 1.54) is 77.0 Å². The summed E-state index contributed by atoms with van der Waals surface area (Å²) in [5, 5.41) is 3.71. The Morgan fingerprint density at radius 2 is 1.04 bits per heavy atom. The van der Waals surface area contributed by atoms with Crippen molar-refractivity contribution in [3.05, 3.63) is 0 Å². The molecule has 0 bridgehead atoms. The molecule has 138 valence electrons. The van der Waals surface area contributed by atoms with Gasteiger partial charge < -0.3 is 0 Å². The molecule has 0 rings (SSSR count). The highest BCUT2D eigenvalue weighted by Gasteiger charge is 2.12. The highest BCUT2D eigenvalue weighted by Crippen LogP contribution is 2.13. The number of hydrazine groups is 1. The molecule has 0 N–H and O–H groups in total. The lowest BCUT2D eigenvalue weighted by Gasteiger charge is -2.27. The van der Waals surface area contributed by atoms with Gasteiger partial charge in [0.1, 0.15) is 0 Å². The molecule has 3 heteroatoms. The summed E-state index contributed by atoms with van der Waals surface area (Å²) < 4.78 is 0. The number of rotatable bonds is 16. The third-order valence-corrected chi connectivity index (χ3v) is 4.56. The molecular formula is C20H42N2O. The van der Waals surface area contributed by atoms with E-state index in [2.05, 4.69) is 6.92 Å². The Hall–Kier alpha value is -0.570. The maximum atomic E-state index is 12.0. The molecule has 23 heavy (non-hydrogen) atoms. The van der Waals surface area contributed by atoms with Crippen LogP contribution >= 0.6 is 0 Å². The Labute approximate surface area is 145 Å². The molecule has 0 spiro atoms. The molecule has 0 aromatic heterocycles. The van der Waals surface area contributed by atoms with Crippen molar-refractivity contribution in [2.75, 3.05) is 20.6 Å². The maximum Gasteiger partial charge on any atom is 0.236 e. The third kappa shape index (κ3) is 13.6. The first-order chi connectivity index (χ1) is 11.1. The molecule has 0 saturated heterocycles. The SMILES string of the molecule is CCCCCCCCCCCCCCCC(=O)N(CC)N(C)C. The van der Waals surface area contributed by atoms with Crippen molar-refractivity contribution in [2.24, 2.45) is 0 Å². The first kappa shape index (κ1) is 22.4. The monoisotopic (exact) mass is 326 g/mol. The van der Waals surface area contributed by atoms with Gasteiger partial charge in [0, 0.05) is 27.1 Å². The van der Waals surface area contributed by atoms with E-state index in [1.807, 2.05) is 31.0 Å². The normalized spacial score (nSPS) is 11.2. The molecule has 0 fully saturated rings. The van der Waals surface area contributed by atoms with Gasteiger partial charge in [-0.3, -0.25) is 9.80 Å². The lowest BCUT2D eigenvalue weighted by Crippen LogP contribution is -2.41. The van der Waals surface area contributed by atoms with Gasteiger partial charge in [0.05, 0.1) is 0 Å². The molecule has 0 aliphatic carbocycles. The van der Waals surface area contributed by atoms with E-state index in [0.29, 0.717) is 6.42 Å². The fraction of sp³-hybridized carbons (Fsp3) is 0.950. The second-order valence-electron chi connectivity index (χ2n) is 6.95. The van der Waals surface area contributed by atoms with Crippen LogP contribution in [-0.4, -0.2) is 36.6 Å². The van der Waals surface area contributed by atoms with E-state index >= 15 is 0 Å². The van der Waals surface area contributed by atoms with Gasteiger partial charge in [0.2, 0.25) is 5.91 Å². The molecular weight excluding hydrogens is 284 g/mol. The number of carbonyl (C=O) groups is 1. The molecule has 0 aliphatic heterocycles. The lowest BCUT2D eigenvalue weighted by atomic mass is 10.0. The maximum absolute atomic E-state index is 12.0. The Kier molecular flexibility index (Phi) is 15.9. The van der Waals surface area contributed by atoms with E-state index in [0.717, 1.165) is 13.0 Å². The van der Waals surface area contributed by atoms with Gasteiger partial charge in [-0.1, -0.05) is 84.0 Å². The molecule has 0 radical (unpaired) electrons. The van der Waals surface area contributed by atoms with Gasteiger partial charge in [-0.2, -0.15) is 0 Å². The van der Waals surface area contributed by atoms with E-state index in [4.69, 9.17) is 0 Å². The second-order valence-corrected chi connectivity index (χ2v) is 6.95. The standard InChI is InChI=1S/C20H42N2O/c1-5-7-8-9-10-11-12-13-14-15-16-17-18-19-20(23)22(6-2)21(3)4/h5-19H2,1-4H3. The van der Waals surface area contributed by atoms with Crippen LogP contribution < -0.4 is 0 Å².